The van der Waals surface area contributed by atoms with Crippen LogP contribution in [0.1, 0.15) is 19.3 Å². The first-order valence-corrected chi connectivity index (χ1v) is 9.90. The Labute approximate surface area is 152 Å². The number of carbonyl (C=O) groups is 1. The van der Waals surface area contributed by atoms with Crippen molar-refractivity contribution in [2.75, 3.05) is 31.9 Å². The molecular weight excluding hydrogens is 404 g/mol. The van der Waals surface area contributed by atoms with E-state index in [1.165, 1.54) is 0 Å². The monoisotopic (exact) mass is 424 g/mol. The van der Waals surface area contributed by atoms with E-state index in [1.807, 2.05) is 4.90 Å². The highest BCUT2D eigenvalue weighted by Crippen LogP contribution is 2.17. The quantitative estimate of drug-likeness (QED) is 0.786. The molecule has 1 aromatic carbocycles. The van der Waals surface area contributed by atoms with Gasteiger partial charge < -0.3 is 10.2 Å². The number of hydrogen-bond acceptors (Lipinski definition) is 4. The zero-order valence-corrected chi connectivity index (χ0v) is 16.1. The van der Waals surface area contributed by atoms with Crippen molar-refractivity contribution in [3.05, 3.63) is 28.7 Å². The highest BCUT2D eigenvalue weighted by molar-refractivity contribution is 9.10. The Morgan fingerprint density at radius 1 is 1.17 bits per heavy atom. The number of carbonyl (C=O) groups excluding carboxylic acids is 1. The normalized spacial score (nSPS) is 15.6. The van der Waals surface area contributed by atoms with E-state index in [4.69, 9.17) is 0 Å². The predicted octanol–water partition coefficient (Wildman–Crippen LogP) is 2.25. The summed E-state index contributed by atoms with van der Waals surface area (Å²) in [5.74, 6) is 0.0571. The summed E-state index contributed by atoms with van der Waals surface area (Å²) in [5, 5.41) is 3.24. The summed E-state index contributed by atoms with van der Waals surface area (Å²) < 4.78 is 25.3. The van der Waals surface area contributed by atoms with Gasteiger partial charge in [-0.25, -0.2) is 8.42 Å². The van der Waals surface area contributed by atoms with Crippen molar-refractivity contribution in [1.82, 2.24) is 10.2 Å². The molecule has 1 aliphatic heterocycles. The molecule has 2 rings (SSSR count). The second-order valence-corrected chi connectivity index (χ2v) is 8.39. The van der Waals surface area contributed by atoms with E-state index < -0.39 is 9.84 Å². The van der Waals surface area contributed by atoms with Crippen molar-refractivity contribution >= 4 is 44.1 Å². The van der Waals surface area contributed by atoms with Crippen LogP contribution in [0.3, 0.4) is 0 Å². The minimum absolute atomic E-state index is 0. The van der Waals surface area contributed by atoms with Crippen molar-refractivity contribution in [2.45, 2.75) is 24.2 Å². The molecule has 1 amide bonds. The average molecular weight is 426 g/mol. The van der Waals surface area contributed by atoms with Crippen molar-refractivity contribution in [2.24, 2.45) is 0 Å². The van der Waals surface area contributed by atoms with Crippen LogP contribution in [0.4, 0.5) is 0 Å². The maximum Gasteiger partial charge on any atom is 0.222 e. The van der Waals surface area contributed by atoms with Crippen LogP contribution in [-0.2, 0) is 14.6 Å². The van der Waals surface area contributed by atoms with Crippen LogP contribution in [0.25, 0.3) is 0 Å². The fourth-order valence-corrected chi connectivity index (χ4v) is 4.00. The van der Waals surface area contributed by atoms with Crippen LogP contribution < -0.4 is 5.32 Å². The van der Waals surface area contributed by atoms with Gasteiger partial charge in [-0.2, -0.15) is 0 Å². The van der Waals surface area contributed by atoms with E-state index in [0.717, 1.165) is 30.5 Å². The van der Waals surface area contributed by atoms with Crippen molar-refractivity contribution in [1.29, 1.82) is 0 Å². The maximum atomic E-state index is 12.2. The Morgan fingerprint density at radius 3 is 2.57 bits per heavy atom. The standard InChI is InChI=1S/C15H21BrN2O3S.ClH/c16-13-4-6-14(7-5-13)22(20,21)12-1-3-15(19)18-10-2-8-17-9-11-18;/h4-7,17H,1-3,8-12H2;1H. The van der Waals surface area contributed by atoms with E-state index in [9.17, 15) is 13.2 Å². The molecule has 0 saturated carbocycles. The van der Waals surface area contributed by atoms with Gasteiger partial charge in [0, 0.05) is 30.5 Å². The minimum atomic E-state index is -3.31. The minimum Gasteiger partial charge on any atom is -0.341 e. The Kier molecular flexibility index (Phi) is 8.53. The smallest absolute Gasteiger partial charge is 0.222 e. The van der Waals surface area contributed by atoms with Crippen LogP contribution in [0, 0.1) is 0 Å². The second-order valence-electron chi connectivity index (χ2n) is 5.36. The van der Waals surface area contributed by atoms with E-state index in [-0.39, 0.29) is 30.5 Å². The molecule has 1 saturated heterocycles. The summed E-state index contributed by atoms with van der Waals surface area (Å²) in [5.41, 5.74) is 0. The number of halogens is 2. The van der Waals surface area contributed by atoms with Crippen molar-refractivity contribution in [3.8, 4) is 0 Å². The molecule has 0 aromatic heterocycles. The molecule has 1 fully saturated rings. The lowest BCUT2D eigenvalue weighted by Crippen LogP contribution is -2.34. The molecule has 0 spiro atoms. The van der Waals surface area contributed by atoms with Gasteiger partial charge in [0.25, 0.3) is 0 Å². The van der Waals surface area contributed by atoms with Crippen LogP contribution in [0.5, 0.6) is 0 Å². The van der Waals surface area contributed by atoms with E-state index in [0.29, 0.717) is 17.9 Å². The number of nitrogens with one attached hydrogen (secondary N) is 1. The predicted molar refractivity (Wildman–Crippen MR) is 96.7 cm³/mol. The summed E-state index contributed by atoms with van der Waals surface area (Å²) in [7, 11) is -3.31. The van der Waals surface area contributed by atoms with Crippen LogP contribution in [-0.4, -0.2) is 51.2 Å². The maximum absolute atomic E-state index is 12.2. The lowest BCUT2D eigenvalue weighted by Gasteiger charge is -2.19. The lowest BCUT2D eigenvalue weighted by molar-refractivity contribution is -0.131. The zero-order chi connectivity index (χ0) is 16.0. The molecule has 0 unspecified atom stereocenters. The Bertz CT molecular complexity index is 600. The van der Waals surface area contributed by atoms with Crippen LogP contribution >= 0.6 is 28.3 Å². The van der Waals surface area contributed by atoms with E-state index >= 15 is 0 Å². The second kappa shape index (κ2) is 9.61. The largest absolute Gasteiger partial charge is 0.341 e. The summed E-state index contributed by atoms with van der Waals surface area (Å²) in [6, 6.07) is 6.59. The molecule has 1 aromatic rings. The number of benzene rings is 1. The van der Waals surface area contributed by atoms with Crippen molar-refractivity contribution in [3.63, 3.8) is 0 Å². The highest BCUT2D eigenvalue weighted by atomic mass is 79.9. The number of rotatable bonds is 5. The van der Waals surface area contributed by atoms with Gasteiger partial charge in [-0.15, -0.1) is 12.4 Å². The van der Waals surface area contributed by atoms with Gasteiger partial charge in [-0.05, 0) is 43.7 Å². The van der Waals surface area contributed by atoms with E-state index in [1.54, 1.807) is 24.3 Å². The third-order valence-electron chi connectivity index (χ3n) is 3.67. The van der Waals surface area contributed by atoms with Gasteiger partial charge in [0.2, 0.25) is 5.91 Å². The van der Waals surface area contributed by atoms with E-state index in [2.05, 4.69) is 21.2 Å². The SMILES string of the molecule is Cl.O=C(CCCS(=O)(=O)c1ccc(Br)cc1)N1CCCNCC1. The first-order valence-electron chi connectivity index (χ1n) is 7.46. The molecule has 0 radical (unpaired) electrons. The zero-order valence-electron chi connectivity index (χ0n) is 12.8. The van der Waals surface area contributed by atoms with Crippen LogP contribution in [0.2, 0.25) is 0 Å². The first-order chi connectivity index (χ1) is 10.5. The van der Waals surface area contributed by atoms with Gasteiger partial charge in [0.05, 0.1) is 10.6 Å². The highest BCUT2D eigenvalue weighted by Gasteiger charge is 2.18. The molecule has 1 aliphatic rings. The average Bonchev–Trinajstić information content (AvgIpc) is 2.76. The fourth-order valence-electron chi connectivity index (χ4n) is 2.43. The molecule has 0 aliphatic carbocycles. The molecular formula is C15H22BrClN2O3S. The topological polar surface area (TPSA) is 66.5 Å². The summed E-state index contributed by atoms with van der Waals surface area (Å²) >= 11 is 3.28. The van der Waals surface area contributed by atoms with Gasteiger partial charge >= 0.3 is 0 Å². The molecule has 8 heteroatoms. The lowest BCUT2D eigenvalue weighted by atomic mass is 10.3. The molecule has 1 heterocycles. The van der Waals surface area contributed by atoms with Crippen LogP contribution in [0.15, 0.2) is 33.6 Å². The summed E-state index contributed by atoms with van der Waals surface area (Å²) in [6.45, 7) is 3.20. The summed E-state index contributed by atoms with van der Waals surface area (Å²) in [4.78, 5) is 14.2. The third-order valence-corrected chi connectivity index (χ3v) is 6.01. The van der Waals surface area contributed by atoms with Gasteiger partial charge in [0.1, 0.15) is 0 Å². The Morgan fingerprint density at radius 2 is 1.87 bits per heavy atom. The molecule has 23 heavy (non-hydrogen) atoms. The molecule has 0 bridgehead atoms. The Hall–Kier alpha value is -0.630. The third kappa shape index (κ3) is 6.41. The van der Waals surface area contributed by atoms with Gasteiger partial charge in [0.15, 0.2) is 9.84 Å². The number of amides is 1. The summed E-state index contributed by atoms with van der Waals surface area (Å²) in [6.07, 6.45) is 1.60. The van der Waals surface area contributed by atoms with Crippen molar-refractivity contribution < 1.29 is 13.2 Å². The number of nitrogens with zero attached hydrogens (tertiary/aromatic N) is 1. The first kappa shape index (κ1) is 20.4. The molecule has 130 valence electrons. The molecule has 0 atom stereocenters. The number of hydrogen-bond donors (Lipinski definition) is 1. The van der Waals surface area contributed by atoms with Gasteiger partial charge in [-0.1, -0.05) is 15.9 Å². The molecule has 1 N–H and O–H groups in total. The van der Waals surface area contributed by atoms with Gasteiger partial charge in [-0.3, -0.25) is 4.79 Å². The Balaban J connectivity index is 0.00000264. The fraction of sp³-hybridized carbons (Fsp3) is 0.533. The molecule has 5 nitrogen and oxygen atoms in total. The number of sulfone groups is 1.